The molecule has 0 saturated carbocycles. The number of hydrogen-bond donors (Lipinski definition) is 1. The Morgan fingerprint density at radius 3 is 2.04 bits per heavy atom. The molecule has 0 saturated heterocycles. The molecule has 1 aliphatic rings. The van der Waals surface area contributed by atoms with E-state index < -0.39 is 6.10 Å². The van der Waals surface area contributed by atoms with Gasteiger partial charge in [0.25, 0.3) is 5.91 Å². The summed E-state index contributed by atoms with van der Waals surface area (Å²) < 4.78 is 5.73. The van der Waals surface area contributed by atoms with Gasteiger partial charge < -0.3 is 4.74 Å². The lowest BCUT2D eigenvalue weighted by Crippen LogP contribution is -2.35. The molecule has 0 aliphatic carbocycles. The van der Waals surface area contributed by atoms with Crippen LogP contribution in [0, 0.1) is 0 Å². The van der Waals surface area contributed by atoms with E-state index in [1.165, 1.54) is 0 Å². The summed E-state index contributed by atoms with van der Waals surface area (Å²) >= 11 is 0. The van der Waals surface area contributed by atoms with Crippen LogP contribution in [-0.2, 0) is 11.2 Å². The second kappa shape index (κ2) is 7.23. The van der Waals surface area contributed by atoms with Gasteiger partial charge in [0, 0.05) is 17.5 Å². The van der Waals surface area contributed by atoms with E-state index in [2.05, 4.69) is 10.5 Å². The number of carbonyl (C=O) groups excluding carboxylic acids is 1. The highest BCUT2D eigenvalue weighted by molar-refractivity contribution is 6.13. The third-order valence-electron chi connectivity index (χ3n) is 4.31. The number of benzene rings is 3. The fraction of sp³-hybridized carbons (Fsp3) is 0.0909. The maximum atomic E-state index is 12.5. The molecule has 3 aromatic rings. The van der Waals surface area contributed by atoms with Gasteiger partial charge in [-0.15, -0.1) is 0 Å². The number of hydrogen-bond acceptors (Lipinski definition) is 3. The minimum atomic E-state index is -0.552. The lowest BCUT2D eigenvalue weighted by atomic mass is 10.0. The number of nitrogens with one attached hydrogen (secondary N) is 1. The number of para-hydroxylation sites is 1. The highest BCUT2D eigenvalue weighted by atomic mass is 16.5. The molecule has 26 heavy (non-hydrogen) atoms. The molecule has 1 aliphatic heterocycles. The molecule has 4 heteroatoms. The predicted molar refractivity (Wildman–Crippen MR) is 101 cm³/mol. The Balaban J connectivity index is 1.55. The Morgan fingerprint density at radius 1 is 0.846 bits per heavy atom. The van der Waals surface area contributed by atoms with E-state index >= 15 is 0 Å². The summed E-state index contributed by atoms with van der Waals surface area (Å²) in [7, 11) is 0. The Hall–Kier alpha value is -3.40. The summed E-state index contributed by atoms with van der Waals surface area (Å²) in [5.41, 5.74) is 6.32. The average molecular weight is 342 g/mol. The first-order valence-electron chi connectivity index (χ1n) is 8.54. The summed E-state index contributed by atoms with van der Waals surface area (Å²) in [6, 6.07) is 27.3. The Bertz CT molecular complexity index is 870. The van der Waals surface area contributed by atoms with Crippen molar-refractivity contribution in [1.29, 1.82) is 0 Å². The number of hydrazone groups is 1. The van der Waals surface area contributed by atoms with Crippen molar-refractivity contribution in [2.45, 2.75) is 12.5 Å². The second-order valence-electron chi connectivity index (χ2n) is 6.09. The molecule has 1 amide bonds. The summed E-state index contributed by atoms with van der Waals surface area (Å²) in [4.78, 5) is 12.5. The van der Waals surface area contributed by atoms with E-state index in [-0.39, 0.29) is 5.91 Å². The molecule has 1 N–H and O–H groups in total. The molecule has 128 valence electrons. The quantitative estimate of drug-likeness (QED) is 0.582. The van der Waals surface area contributed by atoms with Crippen LogP contribution in [0.15, 0.2) is 90.0 Å². The highest BCUT2D eigenvalue weighted by Gasteiger charge is 2.28. The molecular weight excluding hydrogens is 324 g/mol. The Kier molecular flexibility index (Phi) is 4.48. The van der Waals surface area contributed by atoms with E-state index in [0.29, 0.717) is 6.42 Å². The monoisotopic (exact) mass is 342 g/mol. The maximum absolute atomic E-state index is 12.5. The molecule has 4 nitrogen and oxygen atoms in total. The molecule has 0 fully saturated rings. The summed E-state index contributed by atoms with van der Waals surface area (Å²) in [6.45, 7) is 0. The highest BCUT2D eigenvalue weighted by Crippen LogP contribution is 2.28. The Morgan fingerprint density at radius 2 is 1.42 bits per heavy atom. The topological polar surface area (TPSA) is 50.7 Å². The van der Waals surface area contributed by atoms with Crippen LogP contribution in [0.2, 0.25) is 0 Å². The van der Waals surface area contributed by atoms with Crippen LogP contribution in [0.25, 0.3) is 0 Å². The first-order valence-corrected chi connectivity index (χ1v) is 8.54. The van der Waals surface area contributed by atoms with Gasteiger partial charge in [-0.1, -0.05) is 78.9 Å². The molecule has 0 bridgehead atoms. The number of carbonyl (C=O) groups is 1. The molecule has 4 rings (SSSR count). The maximum Gasteiger partial charge on any atom is 0.281 e. The largest absolute Gasteiger partial charge is 0.480 e. The number of nitrogens with zero attached hydrogens (tertiary/aromatic N) is 1. The minimum absolute atomic E-state index is 0.245. The number of rotatable bonds is 4. The van der Waals surface area contributed by atoms with Crippen LogP contribution in [-0.4, -0.2) is 17.7 Å². The van der Waals surface area contributed by atoms with Gasteiger partial charge in [0.1, 0.15) is 5.75 Å². The van der Waals surface area contributed by atoms with Crippen molar-refractivity contribution in [2.75, 3.05) is 0 Å². The van der Waals surface area contributed by atoms with Gasteiger partial charge in [0.2, 0.25) is 0 Å². The summed E-state index contributed by atoms with van der Waals surface area (Å²) in [6.07, 6.45) is 0.00716. The van der Waals surface area contributed by atoms with Crippen molar-refractivity contribution >= 4 is 11.6 Å². The van der Waals surface area contributed by atoms with Crippen molar-refractivity contribution in [3.8, 4) is 5.75 Å². The van der Waals surface area contributed by atoms with Crippen LogP contribution >= 0.6 is 0 Å². The van der Waals surface area contributed by atoms with Gasteiger partial charge in [0.15, 0.2) is 6.10 Å². The van der Waals surface area contributed by atoms with Crippen LogP contribution in [0.4, 0.5) is 0 Å². The Labute approximate surface area is 152 Å². The first-order chi connectivity index (χ1) is 12.8. The van der Waals surface area contributed by atoms with Crippen molar-refractivity contribution in [3.63, 3.8) is 0 Å². The zero-order valence-electron chi connectivity index (χ0n) is 14.1. The summed E-state index contributed by atoms with van der Waals surface area (Å²) in [5, 5.41) is 4.41. The fourth-order valence-corrected chi connectivity index (χ4v) is 3.00. The standard InChI is InChI=1S/C22H18N2O2/c25-22(20-15-18-13-7-8-14-19(18)26-20)24-23-21(16-9-3-1-4-10-16)17-11-5-2-6-12-17/h1-14,20H,15H2,(H,24,25)/t20-/m1/s1. The lowest BCUT2D eigenvalue weighted by Gasteiger charge is -2.11. The van der Waals surface area contributed by atoms with Gasteiger partial charge in [0.05, 0.1) is 5.71 Å². The van der Waals surface area contributed by atoms with Gasteiger partial charge in [-0.3, -0.25) is 4.79 Å². The van der Waals surface area contributed by atoms with Gasteiger partial charge in [-0.05, 0) is 11.6 Å². The van der Waals surface area contributed by atoms with Crippen molar-refractivity contribution in [1.82, 2.24) is 5.43 Å². The smallest absolute Gasteiger partial charge is 0.281 e. The molecule has 3 aromatic carbocycles. The van der Waals surface area contributed by atoms with Gasteiger partial charge >= 0.3 is 0 Å². The number of fused-ring (bicyclic) bond motifs is 1. The molecule has 0 unspecified atom stereocenters. The molecule has 0 aromatic heterocycles. The van der Waals surface area contributed by atoms with Crippen molar-refractivity contribution in [3.05, 3.63) is 102 Å². The van der Waals surface area contributed by atoms with Crippen molar-refractivity contribution in [2.24, 2.45) is 5.10 Å². The van der Waals surface area contributed by atoms with Crippen LogP contribution in [0.3, 0.4) is 0 Å². The third kappa shape index (κ3) is 3.35. The number of ether oxygens (including phenoxy) is 1. The van der Waals surface area contributed by atoms with E-state index in [9.17, 15) is 4.79 Å². The second-order valence-corrected chi connectivity index (χ2v) is 6.09. The average Bonchev–Trinajstić information content (AvgIpc) is 3.14. The van der Waals surface area contributed by atoms with E-state index in [4.69, 9.17) is 4.74 Å². The van der Waals surface area contributed by atoms with Crippen LogP contribution in [0.5, 0.6) is 5.75 Å². The molecule has 0 radical (unpaired) electrons. The minimum Gasteiger partial charge on any atom is -0.480 e. The van der Waals surface area contributed by atoms with Gasteiger partial charge in [-0.25, -0.2) is 5.43 Å². The molecule has 0 spiro atoms. The van der Waals surface area contributed by atoms with E-state index in [1.807, 2.05) is 84.9 Å². The van der Waals surface area contributed by atoms with E-state index in [0.717, 1.165) is 28.2 Å². The van der Waals surface area contributed by atoms with E-state index in [1.54, 1.807) is 0 Å². The summed E-state index contributed by atoms with van der Waals surface area (Å²) in [5.74, 6) is 0.522. The van der Waals surface area contributed by atoms with Crippen LogP contribution < -0.4 is 10.2 Å². The third-order valence-corrected chi connectivity index (χ3v) is 4.31. The van der Waals surface area contributed by atoms with Gasteiger partial charge in [-0.2, -0.15) is 5.10 Å². The number of amides is 1. The fourth-order valence-electron chi connectivity index (χ4n) is 3.00. The zero-order chi connectivity index (χ0) is 17.8. The predicted octanol–water partition coefficient (Wildman–Crippen LogP) is 3.56. The molecule has 1 heterocycles. The zero-order valence-corrected chi connectivity index (χ0v) is 14.1. The van der Waals surface area contributed by atoms with Crippen LogP contribution in [0.1, 0.15) is 16.7 Å². The van der Waals surface area contributed by atoms with Crippen molar-refractivity contribution < 1.29 is 9.53 Å². The molecule has 1 atom stereocenters. The SMILES string of the molecule is O=C(NN=C(c1ccccc1)c1ccccc1)[C@H]1Cc2ccccc2O1. The lowest BCUT2D eigenvalue weighted by molar-refractivity contribution is -0.127. The first kappa shape index (κ1) is 16.1. The molecular formula is C22H18N2O2. The normalized spacial score (nSPS) is 14.8.